The van der Waals surface area contributed by atoms with Gasteiger partial charge in [-0.05, 0) is 43.7 Å². The van der Waals surface area contributed by atoms with Gasteiger partial charge in [0.05, 0.1) is 11.4 Å². The summed E-state index contributed by atoms with van der Waals surface area (Å²) < 4.78 is 0. The molecule has 2 aromatic carbocycles. The number of hydrogen-bond donors (Lipinski definition) is 2. The molecular weight excluding hydrogens is 247 g/mol. The molecule has 0 saturated heterocycles. The first-order chi connectivity index (χ1) is 9.60. The number of benzene rings is 2. The van der Waals surface area contributed by atoms with Gasteiger partial charge in [-0.25, -0.2) is 0 Å². The molecule has 3 nitrogen and oxygen atoms in total. The van der Waals surface area contributed by atoms with Crippen LogP contribution in [0.3, 0.4) is 0 Å². The summed E-state index contributed by atoms with van der Waals surface area (Å²) in [4.78, 5) is 0. The van der Waals surface area contributed by atoms with E-state index in [1.165, 1.54) is 5.46 Å². The Morgan fingerprint density at radius 1 is 1.15 bits per heavy atom. The topological polar surface area (TPSA) is 44.6 Å². The molecular formula is C16H18BN2O. The lowest BCUT2D eigenvalue weighted by Gasteiger charge is -2.07. The fraction of sp³-hybridized carbons (Fsp3) is 0.188. The van der Waals surface area contributed by atoms with Crippen LogP contribution in [0.25, 0.3) is 0 Å². The van der Waals surface area contributed by atoms with Gasteiger partial charge in [0.15, 0.2) is 0 Å². The van der Waals surface area contributed by atoms with Gasteiger partial charge in [0.2, 0.25) is 0 Å². The van der Waals surface area contributed by atoms with E-state index in [0.29, 0.717) is 0 Å². The van der Waals surface area contributed by atoms with Crippen LogP contribution in [0.1, 0.15) is 18.1 Å². The minimum absolute atomic E-state index is 0.254. The van der Waals surface area contributed by atoms with E-state index in [-0.39, 0.29) is 5.75 Å². The zero-order valence-corrected chi connectivity index (χ0v) is 12.0. The van der Waals surface area contributed by atoms with Crippen molar-refractivity contribution < 1.29 is 5.11 Å². The van der Waals surface area contributed by atoms with Crippen molar-refractivity contribution in [3.63, 3.8) is 0 Å². The van der Waals surface area contributed by atoms with Crippen molar-refractivity contribution in [3.8, 4) is 5.75 Å². The highest BCUT2D eigenvalue weighted by atomic mass is 16.3. The molecule has 0 fully saturated rings. The summed E-state index contributed by atoms with van der Waals surface area (Å²) in [6, 6.07) is 13.6. The lowest BCUT2D eigenvalue weighted by molar-refractivity contribution is 0.473. The summed E-state index contributed by atoms with van der Waals surface area (Å²) in [5.41, 5.74) is 7.60. The number of phenols is 1. The first kappa shape index (κ1) is 14.2. The van der Waals surface area contributed by atoms with E-state index in [4.69, 9.17) is 0 Å². The van der Waals surface area contributed by atoms with E-state index < -0.39 is 0 Å². The first-order valence-electron chi connectivity index (χ1n) is 6.60. The van der Waals surface area contributed by atoms with E-state index >= 15 is 0 Å². The largest absolute Gasteiger partial charge is 0.507 e. The first-order valence-corrected chi connectivity index (χ1v) is 6.60. The molecule has 20 heavy (non-hydrogen) atoms. The third kappa shape index (κ3) is 3.41. The number of hydrogen-bond acceptors (Lipinski definition) is 3. The van der Waals surface area contributed by atoms with Gasteiger partial charge in [0, 0.05) is 5.56 Å². The molecule has 0 amide bonds. The van der Waals surface area contributed by atoms with Crippen LogP contribution in [0.4, 0.5) is 5.69 Å². The van der Waals surface area contributed by atoms with Crippen molar-refractivity contribution in [3.05, 3.63) is 53.6 Å². The lowest BCUT2D eigenvalue weighted by Crippen LogP contribution is -2.09. The van der Waals surface area contributed by atoms with E-state index in [9.17, 15) is 5.11 Å². The normalized spacial score (nSPS) is 11.2. The van der Waals surface area contributed by atoms with Crippen LogP contribution in [-0.4, -0.2) is 18.1 Å². The quantitative estimate of drug-likeness (QED) is 0.507. The molecule has 2 N–H and O–H groups in total. The van der Waals surface area contributed by atoms with Gasteiger partial charge in [-0.1, -0.05) is 30.5 Å². The van der Waals surface area contributed by atoms with Gasteiger partial charge in [-0.2, -0.15) is 5.10 Å². The Morgan fingerprint density at radius 2 is 1.85 bits per heavy atom. The average molecular weight is 265 g/mol. The van der Waals surface area contributed by atoms with Crippen LogP contribution in [0.5, 0.6) is 5.75 Å². The Hall–Kier alpha value is -2.23. The van der Waals surface area contributed by atoms with E-state index in [1.807, 2.05) is 64.3 Å². The fourth-order valence-corrected chi connectivity index (χ4v) is 1.91. The number of phenolic OH excluding ortho intramolecular Hbond substituents is 1. The van der Waals surface area contributed by atoms with Gasteiger partial charge in [0.25, 0.3) is 0 Å². The second-order valence-electron chi connectivity index (χ2n) is 4.74. The molecule has 101 valence electrons. The molecule has 0 aliphatic carbocycles. The maximum Gasteiger partial charge on any atom is 0.148 e. The molecule has 0 saturated carbocycles. The number of aromatic hydroxyl groups is 1. The highest BCUT2D eigenvalue weighted by Crippen LogP contribution is 2.19. The molecule has 0 aliphatic rings. The van der Waals surface area contributed by atoms with Crippen LogP contribution < -0.4 is 10.9 Å². The highest BCUT2D eigenvalue weighted by molar-refractivity contribution is 6.51. The predicted molar refractivity (Wildman–Crippen MR) is 86.4 cm³/mol. The highest BCUT2D eigenvalue weighted by Gasteiger charge is 2.04. The second-order valence-corrected chi connectivity index (χ2v) is 4.74. The molecule has 4 heteroatoms. The predicted octanol–water partition coefficient (Wildman–Crippen LogP) is 2.91. The molecule has 0 aliphatic heterocycles. The van der Waals surface area contributed by atoms with Crippen LogP contribution in [0.15, 0.2) is 47.6 Å². The van der Waals surface area contributed by atoms with Crippen LogP contribution in [0, 0.1) is 6.92 Å². The Bertz CT molecular complexity index is 621. The maximum absolute atomic E-state index is 9.91. The summed E-state index contributed by atoms with van der Waals surface area (Å²) in [5, 5.41) is 14.2. The number of nitrogens with zero attached hydrogens (tertiary/aromatic N) is 1. The van der Waals surface area contributed by atoms with Crippen molar-refractivity contribution in [2.75, 3.05) is 5.43 Å². The van der Waals surface area contributed by atoms with Crippen molar-refractivity contribution in [2.45, 2.75) is 20.7 Å². The van der Waals surface area contributed by atoms with Gasteiger partial charge in [-0.3, -0.25) is 5.43 Å². The summed E-state index contributed by atoms with van der Waals surface area (Å²) in [5.74, 6) is 0.254. The average Bonchev–Trinajstić information content (AvgIpc) is 2.45. The molecule has 0 unspecified atom stereocenters. The van der Waals surface area contributed by atoms with E-state index in [1.54, 1.807) is 6.07 Å². The molecule has 0 atom stereocenters. The molecule has 0 aromatic heterocycles. The Balaban J connectivity index is 2.13. The zero-order valence-electron chi connectivity index (χ0n) is 12.0. The number of aryl methyl sites for hydroxylation is 1. The zero-order chi connectivity index (χ0) is 14.5. The second kappa shape index (κ2) is 6.28. The van der Waals surface area contributed by atoms with Crippen molar-refractivity contribution >= 4 is 24.1 Å². The molecule has 0 heterocycles. The van der Waals surface area contributed by atoms with Crippen LogP contribution in [0.2, 0.25) is 6.82 Å². The van der Waals surface area contributed by atoms with E-state index in [0.717, 1.165) is 22.5 Å². The molecule has 2 aromatic rings. The number of hydrazone groups is 1. The fourth-order valence-electron chi connectivity index (χ4n) is 1.91. The van der Waals surface area contributed by atoms with Crippen molar-refractivity contribution in [1.29, 1.82) is 0 Å². The smallest absolute Gasteiger partial charge is 0.148 e. The minimum atomic E-state index is 0.254. The Kier molecular flexibility index (Phi) is 4.46. The summed E-state index contributed by atoms with van der Waals surface area (Å²) in [7, 11) is 2.04. The maximum atomic E-state index is 9.91. The van der Waals surface area contributed by atoms with Crippen LogP contribution >= 0.6 is 0 Å². The molecule has 0 spiro atoms. The van der Waals surface area contributed by atoms with Crippen molar-refractivity contribution in [2.24, 2.45) is 5.10 Å². The third-order valence-corrected chi connectivity index (χ3v) is 3.14. The van der Waals surface area contributed by atoms with Gasteiger partial charge >= 0.3 is 0 Å². The number of anilines is 1. The summed E-state index contributed by atoms with van der Waals surface area (Å²) >= 11 is 0. The van der Waals surface area contributed by atoms with Crippen molar-refractivity contribution in [1.82, 2.24) is 0 Å². The standard InChI is InChI=1S/C16H18BN2O/c1-11-4-9-15(16(20)10-11)12(2)18-19-14-7-5-13(17-3)6-8-14/h4-10,19-20H,1-3H3/b18-12+. The van der Waals surface area contributed by atoms with Gasteiger partial charge in [-0.15, -0.1) is 0 Å². The number of nitrogens with one attached hydrogen (secondary N) is 1. The Morgan fingerprint density at radius 3 is 2.45 bits per heavy atom. The Labute approximate surface area is 120 Å². The summed E-state index contributed by atoms with van der Waals surface area (Å²) in [6.45, 7) is 5.82. The molecule has 1 radical (unpaired) electrons. The molecule has 0 bridgehead atoms. The van der Waals surface area contributed by atoms with E-state index in [2.05, 4.69) is 10.5 Å². The van der Waals surface area contributed by atoms with Gasteiger partial charge < -0.3 is 5.11 Å². The minimum Gasteiger partial charge on any atom is -0.507 e. The SMILES string of the molecule is C[B]c1ccc(N/N=C(\C)c2ccc(C)cc2O)cc1. The molecule has 2 rings (SSSR count). The lowest BCUT2D eigenvalue weighted by atomic mass is 9.73. The number of rotatable bonds is 4. The third-order valence-electron chi connectivity index (χ3n) is 3.14. The summed E-state index contributed by atoms with van der Waals surface area (Å²) in [6.07, 6.45) is 0. The van der Waals surface area contributed by atoms with Crippen LogP contribution in [-0.2, 0) is 0 Å². The monoisotopic (exact) mass is 265 g/mol. The van der Waals surface area contributed by atoms with Gasteiger partial charge in [0.1, 0.15) is 13.0 Å².